The average Bonchev–Trinajstić information content (AvgIpc) is 3.27. The van der Waals surface area contributed by atoms with Crippen molar-refractivity contribution in [2.75, 3.05) is 51.0 Å². The van der Waals surface area contributed by atoms with Crippen LogP contribution in [0.3, 0.4) is 0 Å². The fourth-order valence-electron chi connectivity index (χ4n) is 3.81. The van der Waals surface area contributed by atoms with Crippen molar-refractivity contribution in [2.45, 2.75) is 12.8 Å². The van der Waals surface area contributed by atoms with Crippen molar-refractivity contribution < 1.29 is 14.3 Å². The molecule has 148 valence electrons. The SMILES string of the molecule is COc1cc2nc(N3CCN(C(=O)C4CC=CC4)CC3)nc(N)c2cc1OC. The molecule has 2 aromatic rings. The lowest BCUT2D eigenvalue weighted by molar-refractivity contribution is -0.135. The van der Waals surface area contributed by atoms with Crippen molar-refractivity contribution in [3.05, 3.63) is 24.3 Å². The summed E-state index contributed by atoms with van der Waals surface area (Å²) >= 11 is 0. The van der Waals surface area contributed by atoms with Crippen molar-refractivity contribution in [1.82, 2.24) is 14.9 Å². The van der Waals surface area contributed by atoms with E-state index in [0.29, 0.717) is 55.0 Å². The molecule has 2 heterocycles. The van der Waals surface area contributed by atoms with Crippen LogP contribution in [0.4, 0.5) is 11.8 Å². The molecule has 1 aromatic carbocycles. The lowest BCUT2D eigenvalue weighted by Crippen LogP contribution is -2.50. The van der Waals surface area contributed by atoms with Crippen LogP contribution < -0.4 is 20.1 Å². The largest absolute Gasteiger partial charge is 0.493 e. The van der Waals surface area contributed by atoms with E-state index in [4.69, 9.17) is 15.2 Å². The van der Waals surface area contributed by atoms with Gasteiger partial charge >= 0.3 is 0 Å². The number of fused-ring (bicyclic) bond motifs is 1. The van der Waals surface area contributed by atoms with E-state index in [1.54, 1.807) is 20.3 Å². The molecular weight excluding hydrogens is 358 g/mol. The minimum Gasteiger partial charge on any atom is -0.493 e. The Labute approximate surface area is 163 Å². The number of benzene rings is 1. The van der Waals surface area contributed by atoms with Gasteiger partial charge in [-0.2, -0.15) is 4.98 Å². The summed E-state index contributed by atoms with van der Waals surface area (Å²) in [5, 5.41) is 0.726. The monoisotopic (exact) mass is 383 g/mol. The topological polar surface area (TPSA) is 93.8 Å². The third-order valence-electron chi connectivity index (χ3n) is 5.45. The first-order valence-corrected chi connectivity index (χ1v) is 9.48. The maximum absolute atomic E-state index is 12.6. The standard InChI is InChI=1S/C20H25N5O3/c1-27-16-11-14-15(12-17(16)28-2)22-20(23-18(14)21)25-9-7-24(8-10-25)19(26)13-5-3-4-6-13/h3-4,11-13H,5-10H2,1-2H3,(H2,21,22,23). The van der Waals surface area contributed by atoms with Crippen LogP contribution in [-0.4, -0.2) is 61.2 Å². The zero-order chi connectivity index (χ0) is 19.7. The Bertz CT molecular complexity index is 914. The molecule has 2 aliphatic rings. The van der Waals surface area contributed by atoms with E-state index in [-0.39, 0.29) is 11.8 Å². The summed E-state index contributed by atoms with van der Waals surface area (Å²) in [6.07, 6.45) is 5.89. The smallest absolute Gasteiger partial charge is 0.228 e. The number of nitrogens with zero attached hydrogens (tertiary/aromatic N) is 4. The molecule has 1 aromatic heterocycles. The Morgan fingerprint density at radius 2 is 1.68 bits per heavy atom. The van der Waals surface area contributed by atoms with Gasteiger partial charge in [-0.15, -0.1) is 0 Å². The predicted octanol–water partition coefficient (Wildman–Crippen LogP) is 1.84. The summed E-state index contributed by atoms with van der Waals surface area (Å²) in [6.45, 7) is 2.71. The third-order valence-corrected chi connectivity index (χ3v) is 5.45. The molecule has 0 radical (unpaired) electrons. The van der Waals surface area contributed by atoms with Gasteiger partial charge < -0.3 is 25.0 Å². The summed E-state index contributed by atoms with van der Waals surface area (Å²) < 4.78 is 10.7. The minimum atomic E-state index is 0.113. The summed E-state index contributed by atoms with van der Waals surface area (Å²) in [5.74, 6) is 2.52. The van der Waals surface area contributed by atoms with E-state index >= 15 is 0 Å². The van der Waals surface area contributed by atoms with Crippen LogP contribution in [-0.2, 0) is 4.79 Å². The van der Waals surface area contributed by atoms with Gasteiger partial charge in [0.2, 0.25) is 11.9 Å². The second-order valence-electron chi connectivity index (χ2n) is 7.09. The molecule has 28 heavy (non-hydrogen) atoms. The Morgan fingerprint density at radius 1 is 1.04 bits per heavy atom. The van der Waals surface area contributed by atoms with Crippen molar-refractivity contribution in [2.24, 2.45) is 5.92 Å². The first kappa shape index (κ1) is 18.3. The Balaban J connectivity index is 1.52. The molecule has 0 spiro atoms. The highest BCUT2D eigenvalue weighted by Gasteiger charge is 2.28. The molecule has 0 atom stereocenters. The van der Waals surface area contributed by atoms with Crippen molar-refractivity contribution in [1.29, 1.82) is 0 Å². The van der Waals surface area contributed by atoms with Crippen LogP contribution in [0.5, 0.6) is 11.5 Å². The number of ether oxygens (including phenoxy) is 2. The maximum atomic E-state index is 12.6. The molecule has 4 rings (SSSR count). The highest BCUT2D eigenvalue weighted by molar-refractivity contribution is 5.91. The molecule has 0 unspecified atom stereocenters. The lowest BCUT2D eigenvalue weighted by Gasteiger charge is -2.36. The fourth-order valence-corrected chi connectivity index (χ4v) is 3.81. The predicted molar refractivity (Wildman–Crippen MR) is 108 cm³/mol. The summed E-state index contributed by atoms with van der Waals surface area (Å²) in [6, 6.07) is 3.60. The molecule has 1 aliphatic heterocycles. The zero-order valence-electron chi connectivity index (χ0n) is 16.2. The Morgan fingerprint density at radius 3 is 2.32 bits per heavy atom. The van der Waals surface area contributed by atoms with Crippen molar-refractivity contribution >= 4 is 28.6 Å². The van der Waals surface area contributed by atoms with E-state index in [0.717, 1.165) is 18.2 Å². The number of hydrogen-bond donors (Lipinski definition) is 1. The molecule has 1 aliphatic carbocycles. The number of methoxy groups -OCH3 is 2. The zero-order valence-corrected chi connectivity index (χ0v) is 16.2. The van der Waals surface area contributed by atoms with E-state index in [1.807, 2.05) is 11.0 Å². The van der Waals surface area contributed by atoms with Crippen LogP contribution in [0.1, 0.15) is 12.8 Å². The Kier molecular flexibility index (Phi) is 4.93. The maximum Gasteiger partial charge on any atom is 0.228 e. The fraction of sp³-hybridized carbons (Fsp3) is 0.450. The number of piperazine rings is 1. The van der Waals surface area contributed by atoms with Crippen LogP contribution in [0, 0.1) is 5.92 Å². The summed E-state index contributed by atoms with van der Waals surface area (Å²) in [5.41, 5.74) is 6.90. The number of amides is 1. The van der Waals surface area contributed by atoms with E-state index < -0.39 is 0 Å². The lowest BCUT2D eigenvalue weighted by atomic mass is 10.1. The third kappa shape index (κ3) is 3.30. The van der Waals surface area contributed by atoms with Crippen molar-refractivity contribution in [3.63, 3.8) is 0 Å². The summed E-state index contributed by atoms with van der Waals surface area (Å²) in [4.78, 5) is 25.8. The van der Waals surface area contributed by atoms with Gasteiger partial charge in [0, 0.05) is 43.5 Å². The van der Waals surface area contributed by atoms with Gasteiger partial charge in [0.25, 0.3) is 0 Å². The average molecular weight is 383 g/mol. The second kappa shape index (κ2) is 7.53. The van der Waals surface area contributed by atoms with Gasteiger partial charge in [0.05, 0.1) is 19.7 Å². The Hall–Kier alpha value is -3.03. The summed E-state index contributed by atoms with van der Waals surface area (Å²) in [7, 11) is 3.17. The number of nitrogens with two attached hydrogens (primary N) is 1. The van der Waals surface area contributed by atoms with E-state index in [2.05, 4.69) is 27.0 Å². The molecule has 1 amide bonds. The van der Waals surface area contributed by atoms with Gasteiger partial charge in [-0.3, -0.25) is 4.79 Å². The number of rotatable bonds is 4. The van der Waals surface area contributed by atoms with E-state index in [1.165, 1.54) is 0 Å². The van der Waals surface area contributed by atoms with Crippen LogP contribution >= 0.6 is 0 Å². The number of allylic oxidation sites excluding steroid dienone is 2. The normalized spacial score (nSPS) is 17.4. The quantitative estimate of drug-likeness (QED) is 0.805. The molecule has 1 fully saturated rings. The highest BCUT2D eigenvalue weighted by atomic mass is 16.5. The van der Waals surface area contributed by atoms with Gasteiger partial charge in [0.1, 0.15) is 5.82 Å². The van der Waals surface area contributed by atoms with Crippen LogP contribution in [0.2, 0.25) is 0 Å². The number of hydrogen-bond acceptors (Lipinski definition) is 7. The molecule has 1 saturated heterocycles. The molecule has 0 saturated carbocycles. The molecule has 2 N–H and O–H groups in total. The number of nitrogen functional groups attached to an aromatic ring is 1. The number of carbonyl (C=O) groups is 1. The first-order chi connectivity index (χ1) is 13.6. The molecular formula is C20H25N5O3. The molecule has 0 bridgehead atoms. The van der Waals surface area contributed by atoms with Gasteiger partial charge in [-0.05, 0) is 18.9 Å². The number of carbonyl (C=O) groups excluding carboxylic acids is 1. The van der Waals surface area contributed by atoms with Gasteiger partial charge in [-0.25, -0.2) is 4.98 Å². The number of anilines is 2. The highest BCUT2D eigenvalue weighted by Crippen LogP contribution is 2.34. The van der Waals surface area contributed by atoms with E-state index in [9.17, 15) is 4.79 Å². The minimum absolute atomic E-state index is 0.113. The van der Waals surface area contributed by atoms with Crippen molar-refractivity contribution in [3.8, 4) is 11.5 Å². The van der Waals surface area contributed by atoms with Gasteiger partial charge in [-0.1, -0.05) is 12.2 Å². The second-order valence-corrected chi connectivity index (χ2v) is 7.09. The van der Waals surface area contributed by atoms with Crippen LogP contribution in [0.15, 0.2) is 24.3 Å². The molecule has 8 heteroatoms. The van der Waals surface area contributed by atoms with Gasteiger partial charge in [0.15, 0.2) is 11.5 Å². The first-order valence-electron chi connectivity index (χ1n) is 9.48. The molecule has 8 nitrogen and oxygen atoms in total. The number of aromatic nitrogens is 2. The van der Waals surface area contributed by atoms with Crippen LogP contribution in [0.25, 0.3) is 10.9 Å².